The summed E-state index contributed by atoms with van der Waals surface area (Å²) in [6.45, 7) is 0.736. The van der Waals surface area contributed by atoms with Crippen molar-refractivity contribution in [3.63, 3.8) is 0 Å². The van der Waals surface area contributed by atoms with Crippen LogP contribution in [0.15, 0.2) is 48.9 Å². The number of pyridine rings is 2. The van der Waals surface area contributed by atoms with Gasteiger partial charge in [0.25, 0.3) is 0 Å². The van der Waals surface area contributed by atoms with Gasteiger partial charge in [0.1, 0.15) is 0 Å². The van der Waals surface area contributed by atoms with Crippen LogP contribution in [0.1, 0.15) is 17.7 Å². The van der Waals surface area contributed by atoms with Crippen LogP contribution in [0.5, 0.6) is 0 Å². The standard InChI is InChI=1S/C18H21N3O2/c1-23-17-7-11-21(16(17)12-14-5-9-19-10-6-14)18(22)13-15-4-2-3-8-20-15/h2-6,8-10,16-17H,7,11-13H2,1H3/t16-,17-/m1/s1. The molecule has 0 spiro atoms. The van der Waals surface area contributed by atoms with E-state index in [0.717, 1.165) is 25.1 Å². The average molecular weight is 311 g/mol. The van der Waals surface area contributed by atoms with Crippen molar-refractivity contribution in [2.24, 2.45) is 0 Å². The first-order valence-electron chi connectivity index (χ1n) is 7.89. The van der Waals surface area contributed by atoms with Gasteiger partial charge in [-0.1, -0.05) is 6.07 Å². The number of nitrogens with zero attached hydrogens (tertiary/aromatic N) is 3. The smallest absolute Gasteiger partial charge is 0.228 e. The van der Waals surface area contributed by atoms with E-state index in [1.54, 1.807) is 25.7 Å². The van der Waals surface area contributed by atoms with Crippen molar-refractivity contribution in [3.05, 3.63) is 60.2 Å². The van der Waals surface area contributed by atoms with Gasteiger partial charge in [-0.25, -0.2) is 0 Å². The van der Waals surface area contributed by atoms with Crippen molar-refractivity contribution in [1.29, 1.82) is 0 Å². The largest absolute Gasteiger partial charge is 0.379 e. The van der Waals surface area contributed by atoms with E-state index in [1.807, 2.05) is 35.2 Å². The molecule has 0 unspecified atom stereocenters. The zero-order valence-electron chi connectivity index (χ0n) is 13.3. The Morgan fingerprint density at radius 2 is 2.09 bits per heavy atom. The fourth-order valence-electron chi connectivity index (χ4n) is 3.17. The summed E-state index contributed by atoms with van der Waals surface area (Å²) in [6, 6.07) is 9.71. The normalized spacial score (nSPS) is 20.7. The van der Waals surface area contributed by atoms with Crippen molar-refractivity contribution in [1.82, 2.24) is 14.9 Å². The van der Waals surface area contributed by atoms with Crippen LogP contribution >= 0.6 is 0 Å². The van der Waals surface area contributed by atoms with Gasteiger partial charge in [-0.2, -0.15) is 0 Å². The zero-order chi connectivity index (χ0) is 16.1. The summed E-state index contributed by atoms with van der Waals surface area (Å²) in [6.07, 6.45) is 7.37. The first kappa shape index (κ1) is 15.6. The number of hydrogen-bond acceptors (Lipinski definition) is 4. The molecule has 2 atom stereocenters. The molecular weight excluding hydrogens is 290 g/mol. The molecule has 1 saturated heterocycles. The molecule has 5 nitrogen and oxygen atoms in total. The van der Waals surface area contributed by atoms with Crippen molar-refractivity contribution in [3.8, 4) is 0 Å². The Morgan fingerprint density at radius 1 is 1.26 bits per heavy atom. The molecule has 0 aliphatic carbocycles. The van der Waals surface area contributed by atoms with Gasteiger partial charge in [-0.05, 0) is 42.7 Å². The Labute approximate surface area is 136 Å². The van der Waals surface area contributed by atoms with Crippen molar-refractivity contribution >= 4 is 5.91 Å². The van der Waals surface area contributed by atoms with Gasteiger partial charge in [0, 0.05) is 37.9 Å². The lowest BCUT2D eigenvalue weighted by molar-refractivity contribution is -0.132. The van der Waals surface area contributed by atoms with Crippen LogP contribution in [0, 0.1) is 0 Å². The third-order valence-electron chi connectivity index (χ3n) is 4.36. The molecule has 1 amide bonds. The van der Waals surface area contributed by atoms with Crippen LogP contribution < -0.4 is 0 Å². The minimum absolute atomic E-state index is 0.0682. The molecule has 1 aliphatic heterocycles. The molecule has 2 aromatic heterocycles. The van der Waals surface area contributed by atoms with E-state index in [4.69, 9.17) is 4.74 Å². The fraction of sp³-hybridized carbons (Fsp3) is 0.389. The molecule has 0 N–H and O–H groups in total. The quantitative estimate of drug-likeness (QED) is 0.846. The summed E-state index contributed by atoms with van der Waals surface area (Å²) in [7, 11) is 1.72. The first-order chi connectivity index (χ1) is 11.3. The van der Waals surface area contributed by atoms with Crippen LogP contribution in [0.3, 0.4) is 0 Å². The number of amides is 1. The van der Waals surface area contributed by atoms with Gasteiger partial charge in [0.2, 0.25) is 5.91 Å². The molecule has 0 radical (unpaired) electrons. The number of rotatable bonds is 5. The molecule has 0 aromatic carbocycles. The van der Waals surface area contributed by atoms with Crippen LogP contribution in [0.25, 0.3) is 0 Å². The second-order valence-corrected chi connectivity index (χ2v) is 5.77. The maximum Gasteiger partial charge on any atom is 0.228 e. The number of carbonyl (C=O) groups excluding carboxylic acids is 1. The summed E-state index contributed by atoms with van der Waals surface area (Å²) in [5, 5.41) is 0. The predicted octanol–water partition coefficient (Wildman–Crippen LogP) is 1.88. The second-order valence-electron chi connectivity index (χ2n) is 5.77. The monoisotopic (exact) mass is 311 g/mol. The number of aromatic nitrogens is 2. The topological polar surface area (TPSA) is 55.3 Å². The summed E-state index contributed by atoms with van der Waals surface area (Å²) < 4.78 is 5.60. The highest BCUT2D eigenvalue weighted by molar-refractivity contribution is 5.79. The number of likely N-dealkylation sites (tertiary alicyclic amines) is 1. The Morgan fingerprint density at radius 3 is 2.78 bits per heavy atom. The van der Waals surface area contributed by atoms with E-state index in [2.05, 4.69) is 9.97 Å². The van der Waals surface area contributed by atoms with Crippen molar-refractivity contribution in [2.75, 3.05) is 13.7 Å². The molecule has 1 aliphatic rings. The summed E-state index contributed by atoms with van der Waals surface area (Å²) in [5.41, 5.74) is 1.98. The molecule has 5 heteroatoms. The number of methoxy groups -OCH3 is 1. The Bertz CT molecular complexity index is 633. The minimum atomic E-state index is 0.0682. The lowest BCUT2D eigenvalue weighted by Crippen LogP contribution is -2.42. The predicted molar refractivity (Wildman–Crippen MR) is 86.8 cm³/mol. The highest BCUT2D eigenvalue weighted by Crippen LogP contribution is 2.24. The summed E-state index contributed by atoms with van der Waals surface area (Å²) in [4.78, 5) is 22.9. The highest BCUT2D eigenvalue weighted by Gasteiger charge is 2.37. The lowest BCUT2D eigenvalue weighted by Gasteiger charge is -2.27. The highest BCUT2D eigenvalue weighted by atomic mass is 16.5. The third kappa shape index (κ3) is 3.74. The van der Waals surface area contributed by atoms with E-state index in [9.17, 15) is 4.79 Å². The number of hydrogen-bond donors (Lipinski definition) is 0. The summed E-state index contributed by atoms with van der Waals surface area (Å²) >= 11 is 0. The summed E-state index contributed by atoms with van der Waals surface area (Å²) in [5.74, 6) is 0.113. The molecule has 120 valence electrons. The molecule has 2 aromatic rings. The van der Waals surface area contributed by atoms with E-state index in [-0.39, 0.29) is 18.1 Å². The van der Waals surface area contributed by atoms with Gasteiger partial charge >= 0.3 is 0 Å². The van der Waals surface area contributed by atoms with Gasteiger partial charge in [0.05, 0.1) is 18.6 Å². The Hall–Kier alpha value is -2.27. The molecule has 3 heterocycles. The molecule has 23 heavy (non-hydrogen) atoms. The molecular formula is C18H21N3O2. The molecule has 1 fully saturated rings. The zero-order valence-corrected chi connectivity index (χ0v) is 13.3. The van der Waals surface area contributed by atoms with Crippen LogP contribution in [0.2, 0.25) is 0 Å². The lowest BCUT2D eigenvalue weighted by atomic mass is 10.0. The minimum Gasteiger partial charge on any atom is -0.379 e. The van der Waals surface area contributed by atoms with Crippen molar-refractivity contribution < 1.29 is 9.53 Å². The van der Waals surface area contributed by atoms with Crippen LogP contribution in [0.4, 0.5) is 0 Å². The van der Waals surface area contributed by atoms with Gasteiger partial charge in [-0.3, -0.25) is 14.8 Å². The maximum absolute atomic E-state index is 12.7. The van der Waals surface area contributed by atoms with Gasteiger partial charge in [-0.15, -0.1) is 0 Å². The Balaban J connectivity index is 1.72. The van der Waals surface area contributed by atoms with Crippen LogP contribution in [-0.2, 0) is 22.4 Å². The van der Waals surface area contributed by atoms with E-state index in [0.29, 0.717) is 6.42 Å². The first-order valence-corrected chi connectivity index (χ1v) is 7.89. The van der Waals surface area contributed by atoms with Crippen LogP contribution in [-0.4, -0.2) is 46.6 Å². The molecule has 0 saturated carbocycles. The maximum atomic E-state index is 12.7. The number of ether oxygens (including phenoxy) is 1. The molecule has 3 rings (SSSR count). The fourth-order valence-corrected chi connectivity index (χ4v) is 3.17. The van der Waals surface area contributed by atoms with Crippen molar-refractivity contribution in [2.45, 2.75) is 31.4 Å². The van der Waals surface area contributed by atoms with E-state index in [1.165, 1.54) is 5.56 Å². The second kappa shape index (κ2) is 7.33. The van der Waals surface area contributed by atoms with E-state index >= 15 is 0 Å². The SMILES string of the molecule is CO[C@@H]1CCN(C(=O)Cc2ccccn2)[C@@H]1Cc1ccncc1. The Kier molecular flexibility index (Phi) is 4.98. The number of carbonyl (C=O) groups is 1. The molecule has 0 bridgehead atoms. The van der Waals surface area contributed by atoms with Gasteiger partial charge < -0.3 is 9.64 Å². The average Bonchev–Trinajstić information content (AvgIpc) is 2.99. The van der Waals surface area contributed by atoms with E-state index < -0.39 is 0 Å². The van der Waals surface area contributed by atoms with Gasteiger partial charge in [0.15, 0.2) is 0 Å². The third-order valence-corrected chi connectivity index (χ3v) is 4.36.